The van der Waals surface area contributed by atoms with Crippen molar-refractivity contribution in [2.45, 2.75) is 66.2 Å². The Kier molecular flexibility index (Phi) is 13.9. The number of aliphatic imine (C=N–C) groups is 1. The van der Waals surface area contributed by atoms with E-state index >= 15 is 0 Å². The highest BCUT2D eigenvalue weighted by atomic mass is 127. The highest BCUT2D eigenvalue weighted by Crippen LogP contribution is 2.16. The predicted octanol–water partition coefficient (Wildman–Crippen LogP) is 3.65. The van der Waals surface area contributed by atoms with Gasteiger partial charge < -0.3 is 25.4 Å². The molecule has 1 aromatic carbocycles. The highest BCUT2D eigenvalue weighted by molar-refractivity contribution is 14.0. The molecular weight excluding hydrogens is 531 g/mol. The molecule has 1 heterocycles. The van der Waals surface area contributed by atoms with Gasteiger partial charge in [-0.3, -0.25) is 4.79 Å². The smallest absolute Gasteiger partial charge is 0.254 e. The molecule has 1 fully saturated rings. The normalized spacial score (nSPS) is 19.7. The molecule has 3 N–H and O–H groups in total. The third-order valence-electron chi connectivity index (χ3n) is 5.57. The number of carbonyl (C=O) groups excluding carboxylic acids is 1. The summed E-state index contributed by atoms with van der Waals surface area (Å²) < 4.78 is 5.73. The average Bonchev–Trinajstić information content (AvgIpc) is 2.74. The lowest BCUT2D eigenvalue weighted by atomic mass is 9.94. The van der Waals surface area contributed by atoms with Crippen LogP contribution < -0.4 is 10.6 Å². The second-order valence-electron chi connectivity index (χ2n) is 9.25. The molecule has 2 rings (SSSR count). The van der Waals surface area contributed by atoms with E-state index in [4.69, 9.17) is 9.73 Å². The molecule has 1 aliphatic rings. The molecule has 1 saturated heterocycles. The van der Waals surface area contributed by atoms with Gasteiger partial charge in [-0.15, -0.1) is 24.0 Å². The third-order valence-corrected chi connectivity index (χ3v) is 5.57. The van der Waals surface area contributed by atoms with Crippen LogP contribution in [0.3, 0.4) is 0 Å². The zero-order valence-corrected chi connectivity index (χ0v) is 23.2. The third kappa shape index (κ3) is 10.6. The molecule has 1 aromatic rings. The number of ether oxygens (including phenoxy) is 1. The number of hydrogen-bond donors (Lipinski definition) is 3. The molecule has 188 valence electrons. The molecule has 7 nitrogen and oxygen atoms in total. The lowest BCUT2D eigenvalue weighted by molar-refractivity contribution is -0.0586. The Balaban J connectivity index is 0.00000544. The first kappa shape index (κ1) is 29.6. The molecule has 3 atom stereocenters. The number of aliphatic hydroxyl groups excluding tert-OH is 1. The van der Waals surface area contributed by atoms with Crippen molar-refractivity contribution in [1.82, 2.24) is 15.5 Å². The Bertz CT molecular complexity index is 717. The van der Waals surface area contributed by atoms with E-state index < -0.39 is 0 Å². The minimum absolute atomic E-state index is 0. The maximum Gasteiger partial charge on any atom is 0.254 e. The van der Waals surface area contributed by atoms with Gasteiger partial charge in [0.2, 0.25) is 0 Å². The maximum absolute atomic E-state index is 12.8. The standard InChI is InChI=1S/C25H42N4O3.HI/c1-6-26-25(28-15-22(11-12-30)13-18(2)3)27-14-21-7-9-23(10-8-21)24(31)29-16-19(4)32-20(5)17-29;/h7-10,18-20,22,30H,6,11-17H2,1-5H3,(H2,26,27,28);1H. The van der Waals surface area contributed by atoms with Crippen molar-refractivity contribution in [1.29, 1.82) is 0 Å². The topological polar surface area (TPSA) is 86.2 Å². The molecule has 0 aliphatic carbocycles. The number of guanidine groups is 1. The van der Waals surface area contributed by atoms with Crippen molar-refractivity contribution in [2.24, 2.45) is 16.8 Å². The van der Waals surface area contributed by atoms with E-state index in [1.165, 1.54) is 0 Å². The second-order valence-corrected chi connectivity index (χ2v) is 9.25. The summed E-state index contributed by atoms with van der Waals surface area (Å²) in [6, 6.07) is 7.72. The molecule has 8 heteroatoms. The number of nitrogens with one attached hydrogen (secondary N) is 2. The molecule has 1 amide bonds. The van der Waals surface area contributed by atoms with Gasteiger partial charge in [-0.1, -0.05) is 26.0 Å². The fourth-order valence-electron chi connectivity index (χ4n) is 4.18. The second kappa shape index (κ2) is 15.5. The summed E-state index contributed by atoms with van der Waals surface area (Å²) >= 11 is 0. The summed E-state index contributed by atoms with van der Waals surface area (Å²) in [6.45, 7) is 14.0. The average molecular weight is 575 g/mol. The van der Waals surface area contributed by atoms with E-state index in [2.05, 4.69) is 24.5 Å². The van der Waals surface area contributed by atoms with Crippen LogP contribution in [0.4, 0.5) is 0 Å². The van der Waals surface area contributed by atoms with Gasteiger partial charge in [0, 0.05) is 38.3 Å². The van der Waals surface area contributed by atoms with Gasteiger partial charge in [-0.25, -0.2) is 4.99 Å². The molecule has 0 bridgehead atoms. The Labute approximate surface area is 216 Å². The predicted molar refractivity (Wildman–Crippen MR) is 145 cm³/mol. The van der Waals surface area contributed by atoms with Crippen molar-refractivity contribution in [3.05, 3.63) is 35.4 Å². The van der Waals surface area contributed by atoms with Gasteiger partial charge in [0.15, 0.2) is 5.96 Å². The largest absolute Gasteiger partial charge is 0.396 e. The fraction of sp³-hybridized carbons (Fsp3) is 0.680. The van der Waals surface area contributed by atoms with Crippen molar-refractivity contribution in [3.63, 3.8) is 0 Å². The summed E-state index contributed by atoms with van der Waals surface area (Å²) in [7, 11) is 0. The van der Waals surface area contributed by atoms with Crippen LogP contribution in [0.5, 0.6) is 0 Å². The highest BCUT2D eigenvalue weighted by Gasteiger charge is 2.26. The Morgan fingerprint density at radius 1 is 1.18 bits per heavy atom. The molecule has 0 aromatic heterocycles. The number of aliphatic hydroxyl groups is 1. The van der Waals surface area contributed by atoms with Crippen LogP contribution in [-0.2, 0) is 11.3 Å². The Morgan fingerprint density at radius 3 is 2.36 bits per heavy atom. The summed E-state index contributed by atoms with van der Waals surface area (Å²) in [6.07, 6.45) is 1.99. The van der Waals surface area contributed by atoms with E-state index in [-0.39, 0.29) is 48.7 Å². The molecule has 0 spiro atoms. The van der Waals surface area contributed by atoms with Gasteiger partial charge in [0.05, 0.1) is 18.8 Å². The van der Waals surface area contributed by atoms with Gasteiger partial charge in [-0.2, -0.15) is 0 Å². The number of rotatable bonds is 10. The summed E-state index contributed by atoms with van der Waals surface area (Å²) in [5.74, 6) is 1.84. The summed E-state index contributed by atoms with van der Waals surface area (Å²) in [5, 5.41) is 16.0. The Hall–Kier alpha value is -1.39. The van der Waals surface area contributed by atoms with Crippen LogP contribution in [0.15, 0.2) is 29.3 Å². The number of nitrogens with zero attached hydrogens (tertiary/aromatic N) is 2. The van der Waals surface area contributed by atoms with E-state index in [0.29, 0.717) is 37.0 Å². The minimum atomic E-state index is 0. The SMILES string of the molecule is CCNC(=NCc1ccc(C(=O)N2CC(C)OC(C)C2)cc1)NCC(CCO)CC(C)C.I. The van der Waals surface area contributed by atoms with Crippen LogP contribution in [0.1, 0.15) is 63.4 Å². The number of benzene rings is 1. The van der Waals surface area contributed by atoms with E-state index in [9.17, 15) is 9.90 Å². The van der Waals surface area contributed by atoms with Gasteiger partial charge in [-0.05, 0) is 63.1 Å². The zero-order chi connectivity index (χ0) is 23.5. The van der Waals surface area contributed by atoms with Crippen LogP contribution >= 0.6 is 24.0 Å². The van der Waals surface area contributed by atoms with E-state index in [0.717, 1.165) is 37.5 Å². The van der Waals surface area contributed by atoms with Crippen LogP contribution in [-0.4, -0.2) is 66.9 Å². The lowest BCUT2D eigenvalue weighted by Gasteiger charge is -2.35. The first-order valence-electron chi connectivity index (χ1n) is 12.0. The van der Waals surface area contributed by atoms with Gasteiger partial charge in [0.25, 0.3) is 5.91 Å². The van der Waals surface area contributed by atoms with Crippen LogP contribution in [0, 0.1) is 11.8 Å². The monoisotopic (exact) mass is 574 g/mol. The van der Waals surface area contributed by atoms with Crippen molar-refractivity contribution in [2.75, 3.05) is 32.8 Å². The van der Waals surface area contributed by atoms with Crippen molar-refractivity contribution < 1.29 is 14.6 Å². The first-order valence-corrected chi connectivity index (χ1v) is 12.0. The lowest BCUT2D eigenvalue weighted by Crippen LogP contribution is -2.48. The van der Waals surface area contributed by atoms with Crippen LogP contribution in [0.2, 0.25) is 0 Å². The Morgan fingerprint density at radius 2 is 1.82 bits per heavy atom. The molecule has 0 saturated carbocycles. The quantitative estimate of drug-likeness (QED) is 0.226. The molecule has 0 radical (unpaired) electrons. The van der Waals surface area contributed by atoms with E-state index in [1.807, 2.05) is 49.9 Å². The number of hydrogen-bond acceptors (Lipinski definition) is 4. The molecule has 3 unspecified atom stereocenters. The van der Waals surface area contributed by atoms with Crippen molar-refractivity contribution >= 4 is 35.8 Å². The number of amides is 1. The number of carbonyl (C=O) groups is 1. The zero-order valence-electron chi connectivity index (χ0n) is 20.8. The summed E-state index contributed by atoms with van der Waals surface area (Å²) in [4.78, 5) is 19.4. The maximum atomic E-state index is 12.8. The van der Waals surface area contributed by atoms with Crippen LogP contribution in [0.25, 0.3) is 0 Å². The minimum Gasteiger partial charge on any atom is -0.396 e. The molecular formula is C25H43IN4O3. The number of halogens is 1. The first-order chi connectivity index (χ1) is 15.3. The van der Waals surface area contributed by atoms with E-state index in [1.54, 1.807) is 0 Å². The number of morpholine rings is 1. The fourth-order valence-corrected chi connectivity index (χ4v) is 4.18. The van der Waals surface area contributed by atoms with Gasteiger partial charge >= 0.3 is 0 Å². The van der Waals surface area contributed by atoms with Crippen molar-refractivity contribution in [3.8, 4) is 0 Å². The summed E-state index contributed by atoms with van der Waals surface area (Å²) in [5.41, 5.74) is 1.75. The molecule has 1 aliphatic heterocycles. The molecule has 33 heavy (non-hydrogen) atoms. The van der Waals surface area contributed by atoms with Gasteiger partial charge in [0.1, 0.15) is 0 Å².